The van der Waals surface area contributed by atoms with Gasteiger partial charge in [-0.3, -0.25) is 4.79 Å². The number of benzene rings is 1. The number of nitrogens with one attached hydrogen (secondary N) is 1. The molecule has 1 aromatic carbocycles. The fourth-order valence-electron chi connectivity index (χ4n) is 1.29. The number of likely N-dealkylation sites (N-methyl/N-ethyl adjacent to an activating group) is 1. The number of carboxylic acids is 1. The van der Waals surface area contributed by atoms with Crippen molar-refractivity contribution >= 4 is 23.7 Å². The number of hydrogen-bond donors (Lipinski definition) is 2. The van der Waals surface area contributed by atoms with Crippen molar-refractivity contribution in [2.24, 2.45) is 0 Å². The van der Waals surface area contributed by atoms with E-state index in [1.807, 2.05) is 0 Å². The molecule has 1 aromatic rings. The van der Waals surface area contributed by atoms with Crippen molar-refractivity contribution in [2.75, 3.05) is 26.0 Å². The maximum atomic E-state index is 13.5. The lowest BCUT2D eigenvalue weighted by Gasteiger charge is -2.16. The number of carbonyl (C=O) groups excluding carboxylic acids is 2. The second-order valence-electron chi connectivity index (χ2n) is 3.86. The van der Waals surface area contributed by atoms with Gasteiger partial charge in [0, 0.05) is 7.05 Å². The van der Waals surface area contributed by atoms with Gasteiger partial charge in [0.1, 0.15) is 12.4 Å². The second-order valence-corrected chi connectivity index (χ2v) is 3.86. The Balaban J connectivity index is 2.82. The van der Waals surface area contributed by atoms with Crippen LogP contribution in [0.15, 0.2) is 18.2 Å². The van der Waals surface area contributed by atoms with Crippen LogP contribution in [0, 0.1) is 5.82 Å². The predicted molar refractivity (Wildman–Crippen MR) is 67.0 cm³/mol. The van der Waals surface area contributed by atoms with Gasteiger partial charge in [0.2, 0.25) is 0 Å². The number of halogens is 1. The van der Waals surface area contributed by atoms with Crippen LogP contribution in [0.4, 0.5) is 14.9 Å². The molecule has 0 unspecified atom stereocenters. The molecule has 20 heavy (non-hydrogen) atoms. The molecular formula is C12H13FN2O5. The first-order chi connectivity index (χ1) is 9.35. The second kappa shape index (κ2) is 6.50. The zero-order chi connectivity index (χ0) is 15.3. The molecular weight excluding hydrogens is 271 g/mol. The molecule has 7 nitrogen and oxygen atoms in total. The number of ether oxygens (including phenoxy) is 1. The number of esters is 1. The first kappa shape index (κ1) is 15.4. The summed E-state index contributed by atoms with van der Waals surface area (Å²) in [5, 5.41) is 11.0. The average Bonchev–Trinajstić information content (AvgIpc) is 2.40. The minimum absolute atomic E-state index is 0.169. The quantitative estimate of drug-likeness (QED) is 0.809. The van der Waals surface area contributed by atoms with Gasteiger partial charge in [-0.05, 0) is 18.2 Å². The van der Waals surface area contributed by atoms with Gasteiger partial charge in [0.15, 0.2) is 0 Å². The Bertz CT molecular complexity index is 547. The lowest BCUT2D eigenvalue weighted by molar-refractivity contribution is -0.140. The number of urea groups is 1. The van der Waals surface area contributed by atoms with Gasteiger partial charge in [0.05, 0.1) is 18.4 Å². The molecule has 0 saturated heterocycles. The minimum Gasteiger partial charge on any atom is -0.478 e. The molecule has 0 heterocycles. The number of carbonyl (C=O) groups is 3. The zero-order valence-electron chi connectivity index (χ0n) is 10.8. The fourth-order valence-corrected chi connectivity index (χ4v) is 1.29. The van der Waals surface area contributed by atoms with Crippen LogP contribution < -0.4 is 5.32 Å². The lowest BCUT2D eigenvalue weighted by Crippen LogP contribution is -2.36. The fraction of sp³-hybridized carbons (Fsp3) is 0.250. The first-order valence-corrected chi connectivity index (χ1v) is 5.47. The topological polar surface area (TPSA) is 95.9 Å². The van der Waals surface area contributed by atoms with Gasteiger partial charge < -0.3 is 20.1 Å². The first-order valence-electron chi connectivity index (χ1n) is 5.47. The lowest BCUT2D eigenvalue weighted by atomic mass is 10.2. The summed E-state index contributed by atoms with van der Waals surface area (Å²) >= 11 is 0. The standard InChI is InChI=1S/C12H13FN2O5/c1-15(6-10(16)20-2)12(19)14-9-5-7(11(17)18)3-4-8(9)13/h3-5H,6H2,1-2H3,(H,14,19)(H,17,18). The third-order valence-electron chi connectivity index (χ3n) is 2.40. The van der Waals surface area contributed by atoms with Crippen molar-refractivity contribution in [3.05, 3.63) is 29.6 Å². The van der Waals surface area contributed by atoms with Crippen molar-refractivity contribution in [3.8, 4) is 0 Å². The number of anilines is 1. The van der Waals surface area contributed by atoms with Crippen LogP contribution in [0.25, 0.3) is 0 Å². The van der Waals surface area contributed by atoms with Crippen LogP contribution in [0.2, 0.25) is 0 Å². The third-order valence-corrected chi connectivity index (χ3v) is 2.40. The van der Waals surface area contributed by atoms with Crippen LogP contribution in [0.3, 0.4) is 0 Å². The van der Waals surface area contributed by atoms with Crippen LogP contribution >= 0.6 is 0 Å². The summed E-state index contributed by atoms with van der Waals surface area (Å²) in [6.07, 6.45) is 0. The van der Waals surface area contributed by atoms with E-state index in [-0.39, 0.29) is 17.8 Å². The molecule has 0 aliphatic heterocycles. The Morgan fingerprint density at radius 1 is 1.40 bits per heavy atom. The van der Waals surface area contributed by atoms with E-state index in [1.165, 1.54) is 14.2 Å². The van der Waals surface area contributed by atoms with E-state index in [4.69, 9.17) is 5.11 Å². The molecule has 0 radical (unpaired) electrons. The molecule has 108 valence electrons. The number of carboxylic acid groups (broad SMARTS) is 1. The number of aromatic carboxylic acids is 1. The smallest absolute Gasteiger partial charge is 0.335 e. The number of hydrogen-bond acceptors (Lipinski definition) is 4. The molecule has 2 N–H and O–H groups in total. The molecule has 0 aliphatic rings. The molecule has 1 rings (SSSR count). The Morgan fingerprint density at radius 2 is 2.05 bits per heavy atom. The van der Waals surface area contributed by atoms with Crippen molar-refractivity contribution in [1.82, 2.24) is 4.90 Å². The number of nitrogens with zero attached hydrogens (tertiary/aromatic N) is 1. The summed E-state index contributed by atoms with van der Waals surface area (Å²) in [6, 6.07) is 2.23. The van der Waals surface area contributed by atoms with E-state index >= 15 is 0 Å². The SMILES string of the molecule is COC(=O)CN(C)C(=O)Nc1cc(C(=O)O)ccc1F. The molecule has 0 aromatic heterocycles. The summed E-state index contributed by atoms with van der Waals surface area (Å²) in [4.78, 5) is 34.4. The number of methoxy groups -OCH3 is 1. The Labute approximate surface area is 113 Å². The molecule has 0 spiro atoms. The van der Waals surface area contributed by atoms with Crippen molar-refractivity contribution in [2.45, 2.75) is 0 Å². The molecule has 0 saturated carbocycles. The maximum Gasteiger partial charge on any atom is 0.335 e. The molecule has 2 amide bonds. The predicted octanol–water partition coefficient (Wildman–Crippen LogP) is 1.16. The van der Waals surface area contributed by atoms with E-state index in [0.29, 0.717) is 0 Å². The van der Waals surface area contributed by atoms with E-state index in [0.717, 1.165) is 23.1 Å². The Hall–Kier alpha value is -2.64. The van der Waals surface area contributed by atoms with Gasteiger partial charge in [-0.1, -0.05) is 0 Å². The molecule has 8 heteroatoms. The van der Waals surface area contributed by atoms with Gasteiger partial charge >= 0.3 is 18.0 Å². The van der Waals surface area contributed by atoms with E-state index in [2.05, 4.69) is 10.1 Å². The minimum atomic E-state index is -1.25. The van der Waals surface area contributed by atoms with Crippen LogP contribution in [-0.4, -0.2) is 48.7 Å². The molecule has 0 fully saturated rings. The van der Waals surface area contributed by atoms with Crippen LogP contribution in [-0.2, 0) is 9.53 Å². The van der Waals surface area contributed by atoms with Crippen molar-refractivity contribution in [3.63, 3.8) is 0 Å². The highest BCUT2D eigenvalue weighted by molar-refractivity contribution is 5.94. The Morgan fingerprint density at radius 3 is 2.60 bits per heavy atom. The summed E-state index contributed by atoms with van der Waals surface area (Å²) in [5.41, 5.74) is -0.455. The summed E-state index contributed by atoms with van der Waals surface area (Å²) in [7, 11) is 2.48. The highest BCUT2D eigenvalue weighted by Crippen LogP contribution is 2.16. The molecule has 0 atom stereocenters. The summed E-state index contributed by atoms with van der Waals surface area (Å²) in [5.74, 6) is -2.67. The number of amides is 2. The zero-order valence-corrected chi connectivity index (χ0v) is 10.8. The van der Waals surface area contributed by atoms with E-state index in [9.17, 15) is 18.8 Å². The maximum absolute atomic E-state index is 13.5. The van der Waals surface area contributed by atoms with Crippen molar-refractivity contribution in [1.29, 1.82) is 0 Å². The van der Waals surface area contributed by atoms with Gasteiger partial charge in [0.25, 0.3) is 0 Å². The van der Waals surface area contributed by atoms with Gasteiger partial charge in [-0.2, -0.15) is 0 Å². The van der Waals surface area contributed by atoms with Gasteiger partial charge in [-0.25, -0.2) is 14.0 Å². The molecule has 0 bridgehead atoms. The Kier molecular flexibility index (Phi) is 5.01. The monoisotopic (exact) mass is 284 g/mol. The van der Waals surface area contributed by atoms with Gasteiger partial charge in [-0.15, -0.1) is 0 Å². The van der Waals surface area contributed by atoms with E-state index in [1.54, 1.807) is 0 Å². The third kappa shape index (κ3) is 3.94. The van der Waals surface area contributed by atoms with Crippen LogP contribution in [0.5, 0.6) is 0 Å². The summed E-state index contributed by atoms with van der Waals surface area (Å²) in [6.45, 7) is -0.317. The highest BCUT2D eigenvalue weighted by atomic mass is 19.1. The summed E-state index contributed by atoms with van der Waals surface area (Å²) < 4.78 is 17.9. The highest BCUT2D eigenvalue weighted by Gasteiger charge is 2.16. The molecule has 0 aliphatic carbocycles. The van der Waals surface area contributed by atoms with Crippen molar-refractivity contribution < 1.29 is 28.6 Å². The van der Waals surface area contributed by atoms with Crippen LogP contribution in [0.1, 0.15) is 10.4 Å². The largest absolute Gasteiger partial charge is 0.478 e. The van der Waals surface area contributed by atoms with E-state index < -0.39 is 23.8 Å². The number of rotatable bonds is 4. The average molecular weight is 284 g/mol. The normalized spacial score (nSPS) is 9.75.